The summed E-state index contributed by atoms with van der Waals surface area (Å²) in [6.45, 7) is 3.18. The van der Waals surface area contributed by atoms with Crippen LogP contribution in [0.3, 0.4) is 0 Å². The van der Waals surface area contributed by atoms with E-state index in [0.29, 0.717) is 11.1 Å². The molecule has 0 saturated heterocycles. The van der Waals surface area contributed by atoms with E-state index in [9.17, 15) is 19.8 Å². The number of aliphatic carboxylic acids is 1. The normalized spacial score (nSPS) is 21.5. The minimum Gasteiger partial charge on any atom is -0.504 e. The van der Waals surface area contributed by atoms with Crippen LogP contribution in [0.4, 0.5) is 4.79 Å². The predicted molar refractivity (Wildman–Crippen MR) is 74.9 cm³/mol. The third-order valence-corrected chi connectivity index (χ3v) is 3.47. The first-order chi connectivity index (χ1) is 9.85. The average molecular weight is 292 g/mol. The Morgan fingerprint density at radius 3 is 2.62 bits per heavy atom. The number of carbonyl (C=O) groups excluding carboxylic acids is 1. The fourth-order valence-corrected chi connectivity index (χ4v) is 2.43. The molecular weight excluding hydrogens is 276 g/mol. The summed E-state index contributed by atoms with van der Waals surface area (Å²) in [6.07, 6.45) is 0. The van der Waals surface area contributed by atoms with Crippen LogP contribution in [0.25, 0.3) is 0 Å². The molecule has 7 heteroatoms. The summed E-state index contributed by atoms with van der Waals surface area (Å²) in [7, 11) is 1.40. The molecule has 7 nitrogen and oxygen atoms in total. The highest BCUT2D eigenvalue weighted by molar-refractivity contribution is 6.07. The van der Waals surface area contributed by atoms with Crippen molar-refractivity contribution in [3.63, 3.8) is 0 Å². The summed E-state index contributed by atoms with van der Waals surface area (Å²) in [5, 5.41) is 21.8. The first-order valence-electron chi connectivity index (χ1n) is 6.31. The molecule has 2 unspecified atom stereocenters. The molecule has 2 amide bonds. The largest absolute Gasteiger partial charge is 0.504 e. The van der Waals surface area contributed by atoms with Gasteiger partial charge in [0.05, 0.1) is 13.2 Å². The van der Waals surface area contributed by atoms with Gasteiger partial charge in [-0.05, 0) is 31.0 Å². The zero-order chi connectivity index (χ0) is 15.7. The zero-order valence-corrected chi connectivity index (χ0v) is 11.9. The van der Waals surface area contributed by atoms with Crippen LogP contribution in [-0.2, 0) is 4.79 Å². The van der Waals surface area contributed by atoms with Crippen LogP contribution in [0, 0.1) is 12.8 Å². The predicted octanol–water partition coefficient (Wildman–Crippen LogP) is 1.64. The van der Waals surface area contributed by atoms with Crippen molar-refractivity contribution >= 4 is 17.7 Å². The number of methoxy groups -OCH3 is 1. The molecule has 0 aliphatic carbocycles. The maximum Gasteiger partial charge on any atom is 0.341 e. The summed E-state index contributed by atoms with van der Waals surface area (Å²) < 4.78 is 5.07. The van der Waals surface area contributed by atoms with E-state index in [1.165, 1.54) is 20.1 Å². The number of phenols is 1. The van der Waals surface area contributed by atoms with Crippen molar-refractivity contribution in [1.82, 2.24) is 5.32 Å². The van der Waals surface area contributed by atoms with Crippen LogP contribution in [0.15, 0.2) is 17.1 Å². The fraction of sp³-hybridized carbons (Fsp3) is 0.357. The Labute approximate surface area is 121 Å². The molecule has 0 aromatic heterocycles. The molecule has 21 heavy (non-hydrogen) atoms. The van der Waals surface area contributed by atoms with Gasteiger partial charge in [0.2, 0.25) is 0 Å². The highest BCUT2D eigenvalue weighted by Gasteiger charge is 2.37. The second kappa shape index (κ2) is 5.43. The van der Waals surface area contributed by atoms with Gasteiger partial charge in [0.25, 0.3) is 0 Å². The maximum absolute atomic E-state index is 11.6. The number of nitrogens with one attached hydrogen (secondary N) is 1. The standard InChI is InChI=1S/C14H16N2O5/c1-6-4-8(5-9(21-3)12(6)17)11-10(13(18)19)7(2)15-14(20)16-11/h4-5,10-11,17H,1-3H3,(H,16,20)(H,18,19). The molecule has 1 aliphatic rings. The number of carboxylic acids is 1. The lowest BCUT2D eigenvalue weighted by molar-refractivity contribution is -0.140. The van der Waals surface area contributed by atoms with E-state index in [1.54, 1.807) is 13.0 Å². The Hall–Kier alpha value is -2.57. The highest BCUT2D eigenvalue weighted by Crippen LogP contribution is 2.36. The number of aryl methyl sites for hydroxylation is 1. The molecule has 1 heterocycles. The summed E-state index contributed by atoms with van der Waals surface area (Å²) in [6, 6.07) is 1.79. The molecule has 0 spiro atoms. The van der Waals surface area contributed by atoms with Gasteiger partial charge in [0.15, 0.2) is 11.5 Å². The highest BCUT2D eigenvalue weighted by atomic mass is 16.5. The van der Waals surface area contributed by atoms with Gasteiger partial charge in [-0.25, -0.2) is 9.79 Å². The SMILES string of the molecule is COc1cc(C2NC(=O)N=C(C)C2C(=O)O)cc(C)c1O. The Morgan fingerprint density at radius 2 is 2.05 bits per heavy atom. The average Bonchev–Trinajstić information content (AvgIpc) is 2.40. The maximum atomic E-state index is 11.6. The Morgan fingerprint density at radius 1 is 1.38 bits per heavy atom. The van der Waals surface area contributed by atoms with Crippen LogP contribution in [-0.4, -0.2) is 35.0 Å². The second-order valence-corrected chi connectivity index (χ2v) is 4.88. The van der Waals surface area contributed by atoms with Crippen molar-refractivity contribution in [2.75, 3.05) is 7.11 Å². The number of rotatable bonds is 3. The van der Waals surface area contributed by atoms with Crippen molar-refractivity contribution in [2.24, 2.45) is 10.9 Å². The van der Waals surface area contributed by atoms with Crippen molar-refractivity contribution < 1.29 is 24.5 Å². The van der Waals surface area contributed by atoms with E-state index >= 15 is 0 Å². The molecule has 0 saturated carbocycles. The number of carboxylic acid groups (broad SMARTS) is 1. The van der Waals surface area contributed by atoms with Crippen LogP contribution in [0.1, 0.15) is 24.1 Å². The van der Waals surface area contributed by atoms with Gasteiger partial charge < -0.3 is 20.3 Å². The van der Waals surface area contributed by atoms with E-state index in [4.69, 9.17) is 4.74 Å². The van der Waals surface area contributed by atoms with Crippen LogP contribution in [0.5, 0.6) is 11.5 Å². The van der Waals surface area contributed by atoms with Gasteiger partial charge in [-0.3, -0.25) is 4.79 Å². The number of hydrogen-bond donors (Lipinski definition) is 3. The second-order valence-electron chi connectivity index (χ2n) is 4.88. The lowest BCUT2D eigenvalue weighted by atomic mass is 9.87. The van der Waals surface area contributed by atoms with Crippen LogP contribution in [0.2, 0.25) is 0 Å². The fourth-order valence-electron chi connectivity index (χ4n) is 2.43. The van der Waals surface area contributed by atoms with Gasteiger partial charge in [-0.2, -0.15) is 0 Å². The number of amides is 2. The quantitative estimate of drug-likeness (QED) is 0.784. The van der Waals surface area contributed by atoms with Crippen molar-refractivity contribution in [2.45, 2.75) is 19.9 Å². The minimum atomic E-state index is -1.08. The van der Waals surface area contributed by atoms with Gasteiger partial charge >= 0.3 is 12.0 Å². The summed E-state index contributed by atoms with van der Waals surface area (Å²) in [5.74, 6) is -1.83. The first-order valence-corrected chi connectivity index (χ1v) is 6.31. The number of aromatic hydroxyl groups is 1. The third-order valence-electron chi connectivity index (χ3n) is 3.47. The van der Waals surface area contributed by atoms with E-state index < -0.39 is 24.0 Å². The number of urea groups is 1. The lowest BCUT2D eigenvalue weighted by Gasteiger charge is -2.29. The van der Waals surface area contributed by atoms with Crippen LogP contribution >= 0.6 is 0 Å². The number of ether oxygens (including phenoxy) is 1. The molecule has 3 N–H and O–H groups in total. The minimum absolute atomic E-state index is 0.0133. The molecule has 1 aromatic rings. The third kappa shape index (κ3) is 2.67. The molecule has 0 fully saturated rings. The molecule has 0 radical (unpaired) electrons. The molecule has 2 atom stereocenters. The van der Waals surface area contributed by atoms with E-state index in [2.05, 4.69) is 10.3 Å². The van der Waals surface area contributed by atoms with Crippen molar-refractivity contribution in [3.8, 4) is 11.5 Å². The Bertz CT molecular complexity index is 638. The Kier molecular flexibility index (Phi) is 3.84. The van der Waals surface area contributed by atoms with E-state index in [0.717, 1.165) is 0 Å². The lowest BCUT2D eigenvalue weighted by Crippen LogP contribution is -2.43. The smallest absolute Gasteiger partial charge is 0.341 e. The molecule has 1 aliphatic heterocycles. The zero-order valence-electron chi connectivity index (χ0n) is 11.9. The monoisotopic (exact) mass is 292 g/mol. The van der Waals surface area contributed by atoms with Crippen molar-refractivity contribution in [1.29, 1.82) is 0 Å². The van der Waals surface area contributed by atoms with Gasteiger partial charge in [0, 0.05) is 5.71 Å². The molecule has 1 aromatic carbocycles. The number of aliphatic imine (C=N–C) groups is 1. The first kappa shape index (κ1) is 14.8. The molecule has 112 valence electrons. The number of benzene rings is 1. The Balaban J connectivity index is 2.53. The number of nitrogens with zero attached hydrogens (tertiary/aromatic N) is 1. The van der Waals surface area contributed by atoms with E-state index in [-0.39, 0.29) is 17.2 Å². The van der Waals surface area contributed by atoms with E-state index in [1.807, 2.05) is 0 Å². The van der Waals surface area contributed by atoms with Crippen molar-refractivity contribution in [3.05, 3.63) is 23.3 Å². The van der Waals surface area contributed by atoms with Gasteiger partial charge in [0.1, 0.15) is 5.92 Å². The molecule has 0 bridgehead atoms. The summed E-state index contributed by atoms with van der Waals surface area (Å²) in [5.41, 5.74) is 1.31. The molecule has 2 rings (SSSR count). The van der Waals surface area contributed by atoms with Gasteiger partial charge in [-0.1, -0.05) is 6.07 Å². The summed E-state index contributed by atoms with van der Waals surface area (Å²) in [4.78, 5) is 26.7. The van der Waals surface area contributed by atoms with Gasteiger partial charge in [-0.15, -0.1) is 0 Å². The topological polar surface area (TPSA) is 108 Å². The summed E-state index contributed by atoms with van der Waals surface area (Å²) >= 11 is 0. The van der Waals surface area contributed by atoms with Crippen LogP contribution < -0.4 is 10.1 Å². The number of hydrogen-bond acceptors (Lipinski definition) is 4. The number of phenolic OH excluding ortho intramolecular Hbond substituents is 1. The molecular formula is C14H16N2O5. The number of carbonyl (C=O) groups is 2.